The number of amides is 1. The quantitative estimate of drug-likeness (QED) is 0.920. The number of likely N-dealkylation sites (tertiary alicyclic amines) is 1. The third kappa shape index (κ3) is 2.58. The molecule has 1 amide bonds. The third-order valence-corrected chi connectivity index (χ3v) is 3.95. The minimum absolute atomic E-state index is 0.0665. The van der Waals surface area contributed by atoms with Gasteiger partial charge in [-0.15, -0.1) is 0 Å². The van der Waals surface area contributed by atoms with Crippen molar-refractivity contribution in [3.8, 4) is 0 Å². The van der Waals surface area contributed by atoms with Gasteiger partial charge in [-0.3, -0.25) is 4.79 Å². The first-order valence-electron chi connectivity index (χ1n) is 5.93. The summed E-state index contributed by atoms with van der Waals surface area (Å²) in [5.74, 6) is 0.0975. The van der Waals surface area contributed by atoms with Gasteiger partial charge in [0.15, 0.2) is 0 Å². The Morgan fingerprint density at radius 1 is 1.50 bits per heavy atom. The highest BCUT2D eigenvalue weighted by Crippen LogP contribution is 2.35. The molecule has 1 heterocycles. The van der Waals surface area contributed by atoms with Crippen LogP contribution in [-0.4, -0.2) is 37.1 Å². The molecule has 0 aliphatic carbocycles. The summed E-state index contributed by atoms with van der Waals surface area (Å²) in [6.45, 7) is 1.11. The third-order valence-electron chi connectivity index (χ3n) is 3.23. The molecule has 0 saturated carbocycles. The predicted octanol–water partition coefficient (Wildman–Crippen LogP) is 1.70. The molecule has 18 heavy (non-hydrogen) atoms. The SMILES string of the molecule is COCCN1C(=O)CC(N)C1c1ccccc1Br. The lowest BCUT2D eigenvalue weighted by Crippen LogP contribution is -2.35. The smallest absolute Gasteiger partial charge is 0.224 e. The molecule has 5 heteroatoms. The molecule has 0 spiro atoms. The summed E-state index contributed by atoms with van der Waals surface area (Å²) < 4.78 is 6.04. The summed E-state index contributed by atoms with van der Waals surface area (Å²) in [6, 6.07) is 7.67. The summed E-state index contributed by atoms with van der Waals surface area (Å²) in [5.41, 5.74) is 7.17. The fourth-order valence-electron chi connectivity index (χ4n) is 2.38. The molecule has 2 N–H and O–H groups in total. The van der Waals surface area contributed by atoms with Crippen molar-refractivity contribution in [2.45, 2.75) is 18.5 Å². The van der Waals surface area contributed by atoms with Crippen molar-refractivity contribution in [2.24, 2.45) is 5.73 Å². The summed E-state index contributed by atoms with van der Waals surface area (Å²) in [4.78, 5) is 13.8. The molecule has 0 bridgehead atoms. The molecule has 1 saturated heterocycles. The van der Waals surface area contributed by atoms with Crippen LogP contribution < -0.4 is 5.73 Å². The molecule has 1 fully saturated rings. The average molecular weight is 313 g/mol. The molecule has 2 unspecified atom stereocenters. The zero-order valence-corrected chi connectivity index (χ0v) is 11.9. The molecule has 2 atom stereocenters. The summed E-state index contributed by atoms with van der Waals surface area (Å²) in [5, 5.41) is 0. The molecule has 2 rings (SSSR count). The Morgan fingerprint density at radius 2 is 2.22 bits per heavy atom. The molecular formula is C13H17BrN2O2. The molecule has 0 aromatic heterocycles. The highest BCUT2D eigenvalue weighted by molar-refractivity contribution is 9.10. The van der Waals surface area contributed by atoms with Crippen LogP contribution in [0.4, 0.5) is 0 Å². The van der Waals surface area contributed by atoms with E-state index in [1.165, 1.54) is 0 Å². The van der Waals surface area contributed by atoms with Gasteiger partial charge < -0.3 is 15.4 Å². The van der Waals surface area contributed by atoms with Crippen molar-refractivity contribution in [3.05, 3.63) is 34.3 Å². The number of hydrogen-bond donors (Lipinski definition) is 1. The normalized spacial score (nSPS) is 23.7. The number of methoxy groups -OCH3 is 1. The van der Waals surface area contributed by atoms with Crippen LogP contribution in [0.5, 0.6) is 0 Å². The van der Waals surface area contributed by atoms with E-state index in [0.29, 0.717) is 19.6 Å². The van der Waals surface area contributed by atoms with Crippen molar-refractivity contribution < 1.29 is 9.53 Å². The van der Waals surface area contributed by atoms with Crippen molar-refractivity contribution in [1.82, 2.24) is 4.90 Å². The van der Waals surface area contributed by atoms with Gasteiger partial charge in [0.1, 0.15) is 0 Å². The molecule has 1 aliphatic rings. The van der Waals surface area contributed by atoms with Crippen LogP contribution in [0, 0.1) is 0 Å². The number of nitrogens with zero attached hydrogens (tertiary/aromatic N) is 1. The highest BCUT2D eigenvalue weighted by Gasteiger charge is 2.38. The number of nitrogens with two attached hydrogens (primary N) is 1. The fraction of sp³-hybridized carbons (Fsp3) is 0.462. The monoisotopic (exact) mass is 312 g/mol. The van der Waals surface area contributed by atoms with E-state index in [2.05, 4.69) is 15.9 Å². The molecular weight excluding hydrogens is 296 g/mol. The topological polar surface area (TPSA) is 55.6 Å². The van der Waals surface area contributed by atoms with Gasteiger partial charge in [-0.05, 0) is 11.6 Å². The maximum absolute atomic E-state index is 12.0. The number of halogens is 1. The van der Waals surface area contributed by atoms with Crippen molar-refractivity contribution in [1.29, 1.82) is 0 Å². The Labute approximate surface area is 115 Å². The lowest BCUT2D eigenvalue weighted by molar-refractivity contribution is -0.129. The fourth-order valence-corrected chi connectivity index (χ4v) is 2.90. The predicted molar refractivity (Wildman–Crippen MR) is 73.1 cm³/mol. The second-order valence-corrected chi connectivity index (χ2v) is 5.27. The number of ether oxygens (including phenoxy) is 1. The van der Waals surface area contributed by atoms with Crippen LogP contribution in [0.3, 0.4) is 0 Å². The Morgan fingerprint density at radius 3 is 2.89 bits per heavy atom. The molecule has 1 aliphatic heterocycles. The zero-order valence-electron chi connectivity index (χ0n) is 10.3. The van der Waals surface area contributed by atoms with E-state index >= 15 is 0 Å². The first-order valence-corrected chi connectivity index (χ1v) is 6.73. The molecule has 0 radical (unpaired) electrons. The minimum atomic E-state index is -0.159. The lowest BCUT2D eigenvalue weighted by atomic mass is 10.0. The lowest BCUT2D eigenvalue weighted by Gasteiger charge is -2.27. The number of hydrogen-bond acceptors (Lipinski definition) is 3. The molecule has 4 nitrogen and oxygen atoms in total. The van der Waals surface area contributed by atoms with Gasteiger partial charge in [-0.2, -0.15) is 0 Å². The van der Waals surface area contributed by atoms with E-state index < -0.39 is 0 Å². The summed E-state index contributed by atoms with van der Waals surface area (Å²) in [6.07, 6.45) is 0.399. The van der Waals surface area contributed by atoms with E-state index in [4.69, 9.17) is 10.5 Å². The van der Waals surface area contributed by atoms with Crippen LogP contribution in [0.1, 0.15) is 18.0 Å². The first-order chi connectivity index (χ1) is 8.65. The van der Waals surface area contributed by atoms with Gasteiger partial charge in [-0.1, -0.05) is 34.1 Å². The number of rotatable bonds is 4. The van der Waals surface area contributed by atoms with E-state index in [9.17, 15) is 4.79 Å². The van der Waals surface area contributed by atoms with E-state index in [0.717, 1.165) is 10.0 Å². The Balaban J connectivity index is 2.28. The van der Waals surface area contributed by atoms with E-state index in [1.54, 1.807) is 7.11 Å². The van der Waals surface area contributed by atoms with Gasteiger partial charge in [-0.25, -0.2) is 0 Å². The van der Waals surface area contributed by atoms with Crippen LogP contribution in [0.15, 0.2) is 28.7 Å². The molecule has 1 aromatic rings. The number of carbonyl (C=O) groups excluding carboxylic acids is 1. The van der Waals surface area contributed by atoms with Crippen LogP contribution in [-0.2, 0) is 9.53 Å². The van der Waals surface area contributed by atoms with Crippen LogP contribution in [0.25, 0.3) is 0 Å². The van der Waals surface area contributed by atoms with Crippen molar-refractivity contribution >= 4 is 21.8 Å². The highest BCUT2D eigenvalue weighted by atomic mass is 79.9. The van der Waals surface area contributed by atoms with Gasteiger partial charge in [0.25, 0.3) is 0 Å². The molecule has 1 aromatic carbocycles. The zero-order chi connectivity index (χ0) is 13.1. The number of benzene rings is 1. The van der Waals surface area contributed by atoms with Gasteiger partial charge >= 0.3 is 0 Å². The maximum atomic E-state index is 12.0. The first kappa shape index (κ1) is 13.5. The summed E-state index contributed by atoms with van der Waals surface area (Å²) in [7, 11) is 1.63. The van der Waals surface area contributed by atoms with E-state index in [1.807, 2.05) is 29.2 Å². The minimum Gasteiger partial charge on any atom is -0.383 e. The standard InChI is InChI=1S/C13H17BrN2O2/c1-18-7-6-16-12(17)8-11(15)13(16)9-4-2-3-5-10(9)14/h2-5,11,13H,6-8,15H2,1H3. The average Bonchev–Trinajstić information content (AvgIpc) is 2.62. The Bertz CT molecular complexity index is 439. The second-order valence-electron chi connectivity index (χ2n) is 4.41. The Hall–Kier alpha value is -0.910. The van der Waals surface area contributed by atoms with Gasteiger partial charge in [0.05, 0.1) is 12.6 Å². The van der Waals surface area contributed by atoms with Crippen LogP contribution >= 0.6 is 15.9 Å². The Kier molecular flexibility index (Phi) is 4.37. The largest absolute Gasteiger partial charge is 0.383 e. The molecule has 98 valence electrons. The summed E-state index contributed by atoms with van der Waals surface area (Å²) >= 11 is 3.52. The van der Waals surface area contributed by atoms with E-state index in [-0.39, 0.29) is 18.0 Å². The van der Waals surface area contributed by atoms with Crippen molar-refractivity contribution in [2.75, 3.05) is 20.3 Å². The van der Waals surface area contributed by atoms with Gasteiger partial charge in [0.2, 0.25) is 5.91 Å². The second kappa shape index (κ2) is 5.82. The number of carbonyl (C=O) groups is 1. The maximum Gasteiger partial charge on any atom is 0.224 e. The van der Waals surface area contributed by atoms with Crippen molar-refractivity contribution in [3.63, 3.8) is 0 Å². The van der Waals surface area contributed by atoms with Gasteiger partial charge in [0, 0.05) is 30.6 Å². The van der Waals surface area contributed by atoms with Crippen LogP contribution in [0.2, 0.25) is 0 Å².